The van der Waals surface area contributed by atoms with Crippen LogP contribution in [-0.2, 0) is 0 Å². The summed E-state index contributed by atoms with van der Waals surface area (Å²) in [5.74, 6) is -0.222. The first kappa shape index (κ1) is 21.8. The van der Waals surface area contributed by atoms with Crippen LogP contribution in [-0.4, -0.2) is 28.6 Å². The van der Waals surface area contributed by atoms with E-state index < -0.39 is 12.1 Å². The van der Waals surface area contributed by atoms with Gasteiger partial charge in [-0.25, -0.2) is 4.99 Å². The van der Waals surface area contributed by atoms with E-state index in [1.165, 1.54) is 4.90 Å². The summed E-state index contributed by atoms with van der Waals surface area (Å²) in [5, 5.41) is 7.06. The molecule has 2 aliphatic rings. The minimum atomic E-state index is -0.728. The molecule has 0 spiro atoms. The monoisotopic (exact) mass is 472 g/mol. The first-order chi connectivity index (χ1) is 17.6. The van der Waals surface area contributed by atoms with Crippen LogP contribution in [0, 0.1) is 6.92 Å². The fourth-order valence-corrected chi connectivity index (χ4v) is 4.82. The second-order valence-corrected chi connectivity index (χ2v) is 9.01. The molecule has 0 aromatic heterocycles. The Balaban J connectivity index is 1.60. The fraction of sp³-hybridized carbons (Fsp3) is 0.100. The van der Waals surface area contributed by atoms with Gasteiger partial charge < -0.3 is 10.6 Å². The van der Waals surface area contributed by atoms with Crippen LogP contribution in [0.4, 0.5) is 17.1 Å². The fourth-order valence-electron chi connectivity index (χ4n) is 4.82. The number of rotatable bonds is 2. The molecule has 0 aliphatic carbocycles. The highest BCUT2D eigenvalue weighted by Crippen LogP contribution is 2.38. The molecule has 4 aromatic rings. The van der Waals surface area contributed by atoms with Gasteiger partial charge in [-0.05, 0) is 48.9 Å². The summed E-state index contributed by atoms with van der Waals surface area (Å²) in [6.07, 6.45) is 0. The minimum absolute atomic E-state index is 0.370. The summed E-state index contributed by atoms with van der Waals surface area (Å²) in [7, 11) is 0. The number of carbonyl (C=O) groups is 2. The Labute approximate surface area is 209 Å². The summed E-state index contributed by atoms with van der Waals surface area (Å²) >= 11 is 0. The molecule has 6 nitrogen and oxygen atoms in total. The number of aliphatic imine (C=N–C) groups is 1. The Bertz CT molecular complexity index is 1500. The standard InChI is InChI=1S/C30H24N4O2/c1-19-15-17-21(18-16-19)29(35)34-27-26(20-9-3-2-4-10-20)31-24-13-7-8-14-25(24)33-28(27)32-23-12-6-5-11-22(23)30(34)36/h2-18,26-27,31H,1H3,(H,32,33). The van der Waals surface area contributed by atoms with Crippen molar-refractivity contribution in [1.29, 1.82) is 0 Å². The average Bonchev–Trinajstić information content (AvgIpc) is 3.14. The van der Waals surface area contributed by atoms with Crippen LogP contribution in [0.15, 0.2) is 108 Å². The molecular formula is C30H24N4O2. The van der Waals surface area contributed by atoms with Crippen molar-refractivity contribution in [3.63, 3.8) is 0 Å². The number of hydrogen-bond donors (Lipinski definition) is 2. The zero-order valence-corrected chi connectivity index (χ0v) is 19.7. The topological polar surface area (TPSA) is 73.8 Å². The highest BCUT2D eigenvalue weighted by Gasteiger charge is 2.44. The summed E-state index contributed by atoms with van der Waals surface area (Å²) in [6.45, 7) is 1.97. The molecule has 2 atom stereocenters. The molecule has 176 valence electrons. The maximum atomic E-state index is 14.1. The number of carbonyl (C=O) groups excluding carboxylic acids is 2. The molecular weight excluding hydrogens is 448 g/mol. The first-order valence-corrected chi connectivity index (χ1v) is 11.9. The van der Waals surface area contributed by atoms with Gasteiger partial charge in [-0.2, -0.15) is 0 Å². The van der Waals surface area contributed by atoms with Gasteiger partial charge in [-0.15, -0.1) is 0 Å². The normalized spacial score (nSPS) is 18.3. The Morgan fingerprint density at radius 1 is 0.806 bits per heavy atom. The maximum absolute atomic E-state index is 14.1. The highest BCUT2D eigenvalue weighted by atomic mass is 16.2. The van der Waals surface area contributed by atoms with Gasteiger partial charge in [-0.3, -0.25) is 14.5 Å². The molecule has 0 radical (unpaired) electrons. The molecule has 2 amide bonds. The van der Waals surface area contributed by atoms with Crippen molar-refractivity contribution in [3.8, 4) is 0 Å². The van der Waals surface area contributed by atoms with Gasteiger partial charge in [0, 0.05) is 5.56 Å². The van der Waals surface area contributed by atoms with Gasteiger partial charge in [0.25, 0.3) is 11.8 Å². The lowest BCUT2D eigenvalue weighted by molar-refractivity contribution is 0.0577. The van der Waals surface area contributed by atoms with Gasteiger partial charge in [0.15, 0.2) is 0 Å². The van der Waals surface area contributed by atoms with Crippen molar-refractivity contribution in [2.75, 3.05) is 10.6 Å². The molecule has 2 aliphatic heterocycles. The van der Waals surface area contributed by atoms with E-state index in [0.29, 0.717) is 22.6 Å². The van der Waals surface area contributed by atoms with E-state index in [2.05, 4.69) is 10.6 Å². The number of amides is 2. The average molecular weight is 473 g/mol. The molecule has 36 heavy (non-hydrogen) atoms. The number of para-hydroxylation sites is 3. The number of anilines is 2. The molecule has 0 saturated carbocycles. The van der Waals surface area contributed by atoms with E-state index in [0.717, 1.165) is 22.5 Å². The number of amidine groups is 1. The highest BCUT2D eigenvalue weighted by molar-refractivity contribution is 6.19. The van der Waals surface area contributed by atoms with E-state index in [1.54, 1.807) is 30.3 Å². The number of fused-ring (bicyclic) bond motifs is 3. The summed E-state index contributed by atoms with van der Waals surface area (Å²) in [5.41, 5.74) is 5.04. The molecule has 2 N–H and O–H groups in total. The van der Waals surface area contributed by atoms with Crippen LogP contribution in [0.25, 0.3) is 0 Å². The van der Waals surface area contributed by atoms with Crippen molar-refractivity contribution >= 4 is 34.7 Å². The number of benzene rings is 4. The largest absolute Gasteiger partial charge is 0.374 e. The first-order valence-electron chi connectivity index (χ1n) is 11.9. The number of nitrogens with zero attached hydrogens (tertiary/aromatic N) is 2. The molecule has 6 heteroatoms. The van der Waals surface area contributed by atoms with Crippen molar-refractivity contribution in [3.05, 3.63) is 125 Å². The van der Waals surface area contributed by atoms with Gasteiger partial charge >= 0.3 is 0 Å². The predicted molar refractivity (Wildman–Crippen MR) is 142 cm³/mol. The smallest absolute Gasteiger partial charge is 0.263 e. The van der Waals surface area contributed by atoms with E-state index >= 15 is 0 Å². The van der Waals surface area contributed by atoms with Crippen molar-refractivity contribution in [1.82, 2.24) is 4.90 Å². The molecule has 0 saturated heterocycles. The van der Waals surface area contributed by atoms with E-state index in [9.17, 15) is 9.59 Å². The van der Waals surface area contributed by atoms with Crippen molar-refractivity contribution in [2.24, 2.45) is 4.99 Å². The van der Waals surface area contributed by atoms with Gasteiger partial charge in [0.2, 0.25) is 0 Å². The summed E-state index contributed by atoms with van der Waals surface area (Å²) in [6, 6.07) is 31.0. The second kappa shape index (κ2) is 8.82. The van der Waals surface area contributed by atoms with E-state index in [4.69, 9.17) is 4.99 Å². The van der Waals surface area contributed by atoms with Gasteiger partial charge in [0.1, 0.15) is 11.9 Å². The lowest BCUT2D eigenvalue weighted by atomic mass is 9.95. The second-order valence-electron chi connectivity index (χ2n) is 9.01. The Morgan fingerprint density at radius 3 is 2.25 bits per heavy atom. The Hall–Kier alpha value is -4.71. The van der Waals surface area contributed by atoms with Crippen LogP contribution in [0.1, 0.15) is 37.9 Å². The van der Waals surface area contributed by atoms with Crippen LogP contribution in [0.3, 0.4) is 0 Å². The molecule has 4 aromatic carbocycles. The predicted octanol–water partition coefficient (Wildman–Crippen LogP) is 5.97. The minimum Gasteiger partial charge on any atom is -0.374 e. The summed E-state index contributed by atoms with van der Waals surface area (Å²) in [4.78, 5) is 34.5. The number of nitrogens with one attached hydrogen (secondary N) is 2. The molecule has 2 unspecified atom stereocenters. The molecule has 0 bridgehead atoms. The summed E-state index contributed by atoms with van der Waals surface area (Å²) < 4.78 is 0. The van der Waals surface area contributed by atoms with Crippen molar-refractivity contribution in [2.45, 2.75) is 19.0 Å². The van der Waals surface area contributed by atoms with Crippen LogP contribution < -0.4 is 10.6 Å². The maximum Gasteiger partial charge on any atom is 0.263 e. The zero-order valence-electron chi connectivity index (χ0n) is 19.7. The SMILES string of the molecule is Cc1ccc(C(=O)N2C(=O)c3ccccc3N=C3Nc4ccccc4NC(c4ccccc4)C32)cc1. The zero-order chi connectivity index (χ0) is 24.6. The quantitative estimate of drug-likeness (QED) is 0.353. The molecule has 0 fully saturated rings. The molecule has 6 rings (SSSR count). The Morgan fingerprint density at radius 2 is 1.47 bits per heavy atom. The lowest BCUT2D eigenvalue weighted by Gasteiger charge is -2.34. The van der Waals surface area contributed by atoms with E-state index in [1.807, 2.05) is 79.7 Å². The lowest BCUT2D eigenvalue weighted by Crippen LogP contribution is -2.53. The Kier molecular flexibility index (Phi) is 5.34. The van der Waals surface area contributed by atoms with Crippen LogP contribution >= 0.6 is 0 Å². The molecule has 2 heterocycles. The number of hydrogen-bond acceptors (Lipinski definition) is 5. The van der Waals surface area contributed by atoms with Crippen LogP contribution in [0.2, 0.25) is 0 Å². The number of aryl methyl sites for hydroxylation is 1. The third-order valence-electron chi connectivity index (χ3n) is 6.65. The number of imide groups is 1. The van der Waals surface area contributed by atoms with Gasteiger partial charge in [-0.1, -0.05) is 72.3 Å². The third kappa shape index (κ3) is 3.73. The third-order valence-corrected chi connectivity index (χ3v) is 6.65. The van der Waals surface area contributed by atoms with Crippen molar-refractivity contribution < 1.29 is 9.59 Å². The van der Waals surface area contributed by atoms with E-state index in [-0.39, 0.29) is 11.8 Å². The van der Waals surface area contributed by atoms with Gasteiger partial charge in [0.05, 0.1) is 28.7 Å². The van der Waals surface area contributed by atoms with Crippen LogP contribution in [0.5, 0.6) is 0 Å².